The quantitative estimate of drug-likeness (QED) is 0.644. The molecule has 2 aliphatic heterocycles. The zero-order valence-electron chi connectivity index (χ0n) is 17.9. The molecule has 31 heavy (non-hydrogen) atoms. The molecule has 1 atom stereocenters. The molecule has 2 fully saturated rings. The molecule has 0 aliphatic carbocycles. The van der Waals surface area contributed by atoms with Crippen molar-refractivity contribution in [2.24, 2.45) is 0 Å². The molecule has 1 aromatic carbocycles. The van der Waals surface area contributed by atoms with E-state index in [9.17, 15) is 9.59 Å². The van der Waals surface area contributed by atoms with Crippen LogP contribution in [0.15, 0.2) is 34.9 Å². The third-order valence-corrected chi connectivity index (χ3v) is 5.87. The van der Waals surface area contributed by atoms with E-state index >= 15 is 0 Å². The number of methoxy groups -OCH3 is 1. The number of likely N-dealkylation sites (tertiary alicyclic amines) is 1. The number of carbonyl (C=O) groups is 2. The lowest BCUT2D eigenvalue weighted by Gasteiger charge is -2.25. The summed E-state index contributed by atoms with van der Waals surface area (Å²) in [6.45, 7) is 3.13. The van der Waals surface area contributed by atoms with Crippen LogP contribution >= 0.6 is 0 Å². The number of ether oxygens (including phenoxy) is 2. The Balaban J connectivity index is 1.46. The van der Waals surface area contributed by atoms with E-state index in [-0.39, 0.29) is 23.6 Å². The first kappa shape index (κ1) is 21.4. The number of hydrogen-bond acceptors (Lipinski definition) is 6. The van der Waals surface area contributed by atoms with Crippen molar-refractivity contribution in [2.75, 3.05) is 39.9 Å². The Morgan fingerprint density at radius 2 is 2.06 bits per heavy atom. The number of carbonyl (C=O) groups excluding carboxylic acids is 2. The maximum atomic E-state index is 13.2. The molecular formula is C23H29N3O5. The number of amides is 2. The molecular weight excluding hydrogens is 398 g/mol. The molecule has 0 bridgehead atoms. The standard InChI is InChI=1S/C23H29N3O5/c1-29-18-7-4-6-17(14-18)21-15-20(24-31-21)23(28)26(16-19-8-5-13-30-19)12-9-22(27)25-10-2-3-11-25/h4,6-7,14-15,19H,2-3,5,8-13,16H2,1H3/t19-/m1/s1. The van der Waals surface area contributed by atoms with Crippen LogP contribution in [0.2, 0.25) is 0 Å². The van der Waals surface area contributed by atoms with Gasteiger partial charge in [-0.3, -0.25) is 9.59 Å². The minimum absolute atomic E-state index is 0.00408. The van der Waals surface area contributed by atoms with Crippen molar-refractivity contribution < 1.29 is 23.6 Å². The second kappa shape index (κ2) is 9.96. The zero-order valence-corrected chi connectivity index (χ0v) is 17.9. The van der Waals surface area contributed by atoms with E-state index in [1.807, 2.05) is 29.2 Å². The van der Waals surface area contributed by atoms with Gasteiger partial charge in [-0.1, -0.05) is 17.3 Å². The average molecular weight is 428 g/mol. The molecule has 2 saturated heterocycles. The minimum atomic E-state index is -0.248. The Labute approximate surface area is 182 Å². The fourth-order valence-corrected chi connectivity index (χ4v) is 4.12. The first-order valence-electron chi connectivity index (χ1n) is 10.9. The van der Waals surface area contributed by atoms with Crippen LogP contribution in [0.4, 0.5) is 0 Å². The summed E-state index contributed by atoms with van der Waals surface area (Å²) in [7, 11) is 1.60. The van der Waals surface area contributed by atoms with Gasteiger partial charge in [0.25, 0.3) is 5.91 Å². The van der Waals surface area contributed by atoms with Crippen LogP contribution < -0.4 is 4.74 Å². The third-order valence-electron chi connectivity index (χ3n) is 5.87. The first-order valence-corrected chi connectivity index (χ1v) is 10.9. The Morgan fingerprint density at radius 3 is 2.81 bits per heavy atom. The minimum Gasteiger partial charge on any atom is -0.497 e. The summed E-state index contributed by atoms with van der Waals surface area (Å²) in [5.41, 5.74) is 1.00. The van der Waals surface area contributed by atoms with E-state index < -0.39 is 0 Å². The molecule has 3 heterocycles. The lowest BCUT2D eigenvalue weighted by atomic mass is 10.1. The van der Waals surface area contributed by atoms with E-state index in [4.69, 9.17) is 14.0 Å². The lowest BCUT2D eigenvalue weighted by molar-refractivity contribution is -0.130. The van der Waals surface area contributed by atoms with Crippen LogP contribution in [-0.4, -0.2) is 72.8 Å². The summed E-state index contributed by atoms with van der Waals surface area (Å²) in [6.07, 6.45) is 4.31. The summed E-state index contributed by atoms with van der Waals surface area (Å²) in [6, 6.07) is 9.03. The molecule has 166 valence electrons. The Bertz CT molecular complexity index is 900. The Morgan fingerprint density at radius 1 is 1.23 bits per heavy atom. The highest BCUT2D eigenvalue weighted by atomic mass is 16.5. The van der Waals surface area contributed by atoms with Gasteiger partial charge >= 0.3 is 0 Å². The smallest absolute Gasteiger partial charge is 0.276 e. The molecule has 0 unspecified atom stereocenters. The largest absolute Gasteiger partial charge is 0.497 e. The fraction of sp³-hybridized carbons (Fsp3) is 0.522. The van der Waals surface area contributed by atoms with Crippen molar-refractivity contribution in [3.05, 3.63) is 36.0 Å². The van der Waals surface area contributed by atoms with Crippen LogP contribution in [0.5, 0.6) is 5.75 Å². The van der Waals surface area contributed by atoms with Gasteiger partial charge in [0.1, 0.15) is 5.75 Å². The van der Waals surface area contributed by atoms with Crippen molar-refractivity contribution in [3.63, 3.8) is 0 Å². The highest BCUT2D eigenvalue weighted by Crippen LogP contribution is 2.25. The summed E-state index contributed by atoms with van der Waals surface area (Å²) < 4.78 is 16.4. The summed E-state index contributed by atoms with van der Waals surface area (Å²) >= 11 is 0. The molecule has 8 nitrogen and oxygen atoms in total. The molecule has 0 saturated carbocycles. The van der Waals surface area contributed by atoms with E-state index in [0.717, 1.165) is 44.3 Å². The SMILES string of the molecule is COc1cccc(-c2cc(C(=O)N(CCC(=O)N3CCCC3)C[C@H]3CCCO3)no2)c1. The van der Waals surface area contributed by atoms with Crippen LogP contribution in [0.1, 0.15) is 42.6 Å². The van der Waals surface area contributed by atoms with Gasteiger partial charge in [-0.05, 0) is 37.8 Å². The number of benzene rings is 1. The van der Waals surface area contributed by atoms with E-state index in [1.54, 1.807) is 18.1 Å². The van der Waals surface area contributed by atoms with E-state index in [1.165, 1.54) is 0 Å². The van der Waals surface area contributed by atoms with Gasteiger partial charge in [-0.25, -0.2) is 0 Å². The van der Waals surface area contributed by atoms with Crippen molar-refractivity contribution in [2.45, 2.75) is 38.2 Å². The number of rotatable bonds is 8. The summed E-state index contributed by atoms with van der Waals surface area (Å²) in [4.78, 5) is 29.3. The van der Waals surface area contributed by atoms with Gasteiger partial charge in [-0.2, -0.15) is 0 Å². The Kier molecular flexibility index (Phi) is 6.86. The van der Waals surface area contributed by atoms with Gasteiger partial charge < -0.3 is 23.8 Å². The molecule has 0 radical (unpaired) electrons. The lowest BCUT2D eigenvalue weighted by Crippen LogP contribution is -2.40. The fourth-order valence-electron chi connectivity index (χ4n) is 4.12. The maximum absolute atomic E-state index is 13.2. The second-order valence-electron chi connectivity index (χ2n) is 8.03. The van der Waals surface area contributed by atoms with E-state index in [2.05, 4.69) is 5.16 Å². The maximum Gasteiger partial charge on any atom is 0.276 e. The van der Waals surface area contributed by atoms with Crippen molar-refractivity contribution in [1.82, 2.24) is 15.0 Å². The molecule has 4 rings (SSSR count). The van der Waals surface area contributed by atoms with Crippen molar-refractivity contribution >= 4 is 11.8 Å². The predicted molar refractivity (Wildman–Crippen MR) is 114 cm³/mol. The van der Waals surface area contributed by atoms with Crippen molar-refractivity contribution in [3.8, 4) is 17.1 Å². The monoisotopic (exact) mass is 427 g/mol. The molecule has 0 N–H and O–H groups in total. The van der Waals surface area contributed by atoms with Gasteiger partial charge in [-0.15, -0.1) is 0 Å². The van der Waals surface area contributed by atoms with Crippen molar-refractivity contribution in [1.29, 1.82) is 0 Å². The number of nitrogens with zero attached hydrogens (tertiary/aromatic N) is 3. The number of hydrogen-bond donors (Lipinski definition) is 0. The summed E-state index contributed by atoms with van der Waals surface area (Å²) in [5.74, 6) is 1.04. The molecule has 8 heteroatoms. The third kappa shape index (κ3) is 5.25. The predicted octanol–water partition coefficient (Wildman–Crippen LogP) is 2.98. The van der Waals surface area contributed by atoms with E-state index in [0.29, 0.717) is 37.6 Å². The van der Waals surface area contributed by atoms with Crippen LogP contribution in [-0.2, 0) is 9.53 Å². The van der Waals surface area contributed by atoms with Gasteiger partial charge in [0.05, 0.1) is 13.2 Å². The average Bonchev–Trinajstić information content (AvgIpc) is 3.58. The van der Waals surface area contributed by atoms with Gasteiger partial charge in [0.15, 0.2) is 11.5 Å². The zero-order chi connectivity index (χ0) is 21.6. The first-order chi connectivity index (χ1) is 15.1. The van der Waals surface area contributed by atoms with Gasteiger partial charge in [0, 0.05) is 50.8 Å². The molecule has 1 aromatic heterocycles. The van der Waals surface area contributed by atoms with Gasteiger partial charge in [0.2, 0.25) is 5.91 Å². The number of aromatic nitrogens is 1. The molecule has 2 aromatic rings. The second-order valence-corrected chi connectivity index (χ2v) is 8.03. The molecule has 0 spiro atoms. The highest BCUT2D eigenvalue weighted by Gasteiger charge is 2.27. The van der Waals surface area contributed by atoms with Crippen LogP contribution in [0, 0.1) is 0 Å². The van der Waals surface area contributed by atoms with Crippen LogP contribution in [0.25, 0.3) is 11.3 Å². The van der Waals surface area contributed by atoms with Crippen LogP contribution in [0.3, 0.4) is 0 Å². The molecule has 2 aliphatic rings. The topological polar surface area (TPSA) is 85.1 Å². The Hall–Kier alpha value is -2.87. The normalized spacial score (nSPS) is 18.4. The highest BCUT2D eigenvalue weighted by molar-refractivity contribution is 5.93. The summed E-state index contributed by atoms with van der Waals surface area (Å²) in [5, 5.41) is 4.00. The molecule has 2 amide bonds.